The quantitative estimate of drug-likeness (QED) is 0.335. The minimum absolute atomic E-state index is 0. The normalized spacial score (nSPS) is 11.4. The Morgan fingerprint density at radius 2 is 2.09 bits per heavy atom. The molecule has 0 aliphatic rings. The Hall–Kier alpha value is -0.340. The molecule has 128 valence electrons. The molecule has 1 rings (SSSR count). The van der Waals surface area contributed by atoms with Crippen molar-refractivity contribution in [2.75, 3.05) is 39.8 Å². The lowest BCUT2D eigenvalue weighted by molar-refractivity contribution is 0.337. The first-order valence-electron chi connectivity index (χ1n) is 7.99. The zero-order valence-electron chi connectivity index (χ0n) is 14.1. The van der Waals surface area contributed by atoms with Gasteiger partial charge in [-0.25, -0.2) is 0 Å². The van der Waals surface area contributed by atoms with E-state index in [0.717, 1.165) is 45.1 Å². The van der Waals surface area contributed by atoms with Crippen LogP contribution >= 0.6 is 35.3 Å². The molecule has 1 heterocycles. The van der Waals surface area contributed by atoms with Crippen LogP contribution in [0.4, 0.5) is 0 Å². The van der Waals surface area contributed by atoms with Crippen LogP contribution in [0.25, 0.3) is 0 Å². The Morgan fingerprint density at radius 3 is 2.73 bits per heavy atom. The zero-order chi connectivity index (χ0) is 15.3. The molecule has 0 saturated heterocycles. The van der Waals surface area contributed by atoms with Crippen LogP contribution in [0.15, 0.2) is 22.5 Å². The Labute approximate surface area is 156 Å². The van der Waals surface area contributed by atoms with E-state index in [0.29, 0.717) is 0 Å². The molecule has 0 fully saturated rings. The van der Waals surface area contributed by atoms with Gasteiger partial charge in [0.1, 0.15) is 0 Å². The van der Waals surface area contributed by atoms with E-state index in [-0.39, 0.29) is 24.0 Å². The number of likely N-dealkylation sites (N-methyl/N-ethyl adjacent to an activating group) is 1. The maximum absolute atomic E-state index is 4.64. The molecule has 22 heavy (non-hydrogen) atoms. The molecule has 2 N–H and O–H groups in total. The Bertz CT molecular complexity index is 382. The summed E-state index contributed by atoms with van der Waals surface area (Å²) in [4.78, 5) is 8.40. The molecule has 0 radical (unpaired) electrons. The lowest BCUT2D eigenvalue weighted by Crippen LogP contribution is -2.38. The van der Waals surface area contributed by atoms with E-state index in [1.165, 1.54) is 17.7 Å². The first-order chi connectivity index (χ1) is 10.3. The molecule has 0 saturated carbocycles. The van der Waals surface area contributed by atoms with Gasteiger partial charge in [0.05, 0.1) is 6.54 Å². The van der Waals surface area contributed by atoms with Crippen molar-refractivity contribution in [1.82, 2.24) is 15.5 Å². The van der Waals surface area contributed by atoms with Crippen LogP contribution in [0.3, 0.4) is 0 Å². The van der Waals surface area contributed by atoms with Crippen molar-refractivity contribution in [1.29, 1.82) is 0 Å². The van der Waals surface area contributed by atoms with Crippen LogP contribution in [0.5, 0.6) is 0 Å². The number of nitrogens with zero attached hydrogens (tertiary/aromatic N) is 2. The number of halogens is 1. The van der Waals surface area contributed by atoms with Gasteiger partial charge in [0.25, 0.3) is 0 Å². The average Bonchev–Trinajstić information content (AvgIpc) is 2.98. The van der Waals surface area contributed by atoms with Gasteiger partial charge in [-0.1, -0.05) is 19.4 Å². The predicted octanol–water partition coefficient (Wildman–Crippen LogP) is 3.20. The molecular weight excluding hydrogens is 407 g/mol. The van der Waals surface area contributed by atoms with Crippen LogP contribution in [0.1, 0.15) is 31.6 Å². The van der Waals surface area contributed by atoms with Gasteiger partial charge in [-0.2, -0.15) is 0 Å². The molecule has 0 spiro atoms. The van der Waals surface area contributed by atoms with E-state index in [1.54, 1.807) is 0 Å². The minimum atomic E-state index is 0. The number of nitrogens with one attached hydrogen (secondary N) is 2. The van der Waals surface area contributed by atoms with Gasteiger partial charge in [-0.3, -0.25) is 4.99 Å². The van der Waals surface area contributed by atoms with Crippen molar-refractivity contribution in [3.8, 4) is 0 Å². The fourth-order valence-corrected chi connectivity index (χ4v) is 2.68. The Morgan fingerprint density at radius 1 is 1.27 bits per heavy atom. The van der Waals surface area contributed by atoms with Crippen LogP contribution in [0, 0.1) is 0 Å². The largest absolute Gasteiger partial charge is 0.357 e. The molecule has 1 aromatic rings. The van der Waals surface area contributed by atoms with E-state index in [4.69, 9.17) is 0 Å². The summed E-state index contributed by atoms with van der Waals surface area (Å²) in [7, 11) is 2.17. The molecule has 1 aromatic heterocycles. The highest BCUT2D eigenvalue weighted by molar-refractivity contribution is 14.0. The van der Waals surface area contributed by atoms with Crippen molar-refractivity contribution < 1.29 is 0 Å². The van der Waals surface area contributed by atoms with Gasteiger partial charge >= 0.3 is 0 Å². The predicted molar refractivity (Wildman–Crippen MR) is 110 cm³/mol. The topological polar surface area (TPSA) is 39.7 Å². The maximum Gasteiger partial charge on any atom is 0.191 e. The van der Waals surface area contributed by atoms with Gasteiger partial charge in [0.2, 0.25) is 0 Å². The second kappa shape index (κ2) is 14.3. The third-order valence-corrected chi connectivity index (χ3v) is 4.17. The van der Waals surface area contributed by atoms with Crippen molar-refractivity contribution in [3.05, 3.63) is 22.4 Å². The number of aliphatic imine (C=N–C) groups is 1. The molecule has 6 heteroatoms. The van der Waals surface area contributed by atoms with Crippen LogP contribution in [-0.4, -0.2) is 50.6 Å². The van der Waals surface area contributed by atoms with E-state index >= 15 is 0 Å². The summed E-state index contributed by atoms with van der Waals surface area (Å²) in [5.41, 5.74) is 0. The number of guanidine groups is 1. The highest BCUT2D eigenvalue weighted by Gasteiger charge is 2.00. The Kier molecular flexibility index (Phi) is 14.0. The molecule has 0 unspecified atom stereocenters. The van der Waals surface area contributed by atoms with Crippen LogP contribution in [0.2, 0.25) is 0 Å². The monoisotopic (exact) mass is 438 g/mol. The second-order valence-corrected chi connectivity index (χ2v) is 6.21. The van der Waals surface area contributed by atoms with Crippen molar-refractivity contribution in [2.24, 2.45) is 4.99 Å². The van der Waals surface area contributed by atoms with E-state index in [9.17, 15) is 0 Å². The first-order valence-corrected chi connectivity index (χ1v) is 8.87. The fourth-order valence-electron chi connectivity index (χ4n) is 1.97. The summed E-state index contributed by atoms with van der Waals surface area (Å²) in [6.45, 7) is 9.18. The number of hydrogen-bond acceptors (Lipinski definition) is 3. The standard InChI is InChI=1S/C16H30N4S.HI/c1-4-6-12-20(3)13-11-19-16(17-5-2)18-10-9-15-8-7-14-21-15;/h7-8,14H,4-6,9-13H2,1-3H3,(H2,17,18,19);1H. The number of unbranched alkanes of at least 4 members (excludes halogenated alkanes) is 1. The van der Waals surface area contributed by atoms with Gasteiger partial charge in [-0.15, -0.1) is 35.3 Å². The molecule has 0 aromatic carbocycles. The van der Waals surface area contributed by atoms with Crippen molar-refractivity contribution >= 4 is 41.3 Å². The average molecular weight is 438 g/mol. The minimum Gasteiger partial charge on any atom is -0.357 e. The van der Waals surface area contributed by atoms with E-state index in [2.05, 4.69) is 58.9 Å². The van der Waals surface area contributed by atoms with E-state index < -0.39 is 0 Å². The molecule has 0 atom stereocenters. The zero-order valence-corrected chi connectivity index (χ0v) is 17.2. The summed E-state index contributed by atoms with van der Waals surface area (Å²) in [6.07, 6.45) is 3.57. The van der Waals surface area contributed by atoms with Crippen molar-refractivity contribution in [2.45, 2.75) is 33.1 Å². The van der Waals surface area contributed by atoms with Gasteiger partial charge in [0.15, 0.2) is 5.96 Å². The number of rotatable bonds is 10. The molecule has 0 bridgehead atoms. The SMILES string of the molecule is CCCCN(C)CCN=C(NCC)NCCc1cccs1.I. The third kappa shape index (κ3) is 10.4. The highest BCUT2D eigenvalue weighted by atomic mass is 127. The maximum atomic E-state index is 4.64. The van der Waals surface area contributed by atoms with Crippen LogP contribution in [-0.2, 0) is 6.42 Å². The summed E-state index contributed by atoms with van der Waals surface area (Å²) in [5, 5.41) is 8.83. The Balaban J connectivity index is 0.00000441. The molecule has 0 aliphatic carbocycles. The van der Waals surface area contributed by atoms with Crippen LogP contribution < -0.4 is 10.6 Å². The van der Waals surface area contributed by atoms with Gasteiger partial charge < -0.3 is 15.5 Å². The summed E-state index contributed by atoms with van der Waals surface area (Å²) < 4.78 is 0. The van der Waals surface area contributed by atoms with Crippen molar-refractivity contribution in [3.63, 3.8) is 0 Å². The lowest BCUT2D eigenvalue weighted by Gasteiger charge is -2.15. The number of thiophene rings is 1. The molecular formula is C16H31IN4S. The lowest BCUT2D eigenvalue weighted by atomic mass is 10.3. The summed E-state index contributed by atoms with van der Waals surface area (Å²) in [5.74, 6) is 0.929. The van der Waals surface area contributed by atoms with Gasteiger partial charge in [0, 0.05) is 24.5 Å². The summed E-state index contributed by atoms with van der Waals surface area (Å²) >= 11 is 1.81. The highest BCUT2D eigenvalue weighted by Crippen LogP contribution is 2.07. The third-order valence-electron chi connectivity index (χ3n) is 3.23. The van der Waals surface area contributed by atoms with E-state index in [1.807, 2.05) is 11.3 Å². The molecule has 0 amide bonds. The number of hydrogen-bond donors (Lipinski definition) is 2. The smallest absolute Gasteiger partial charge is 0.191 e. The first kappa shape index (κ1) is 21.7. The van der Waals surface area contributed by atoms with Gasteiger partial charge in [-0.05, 0) is 44.8 Å². The molecule has 0 aliphatic heterocycles. The second-order valence-electron chi connectivity index (χ2n) is 5.17. The molecule has 4 nitrogen and oxygen atoms in total. The summed E-state index contributed by atoms with van der Waals surface area (Å²) in [6, 6.07) is 4.28. The fraction of sp³-hybridized carbons (Fsp3) is 0.688.